The van der Waals surface area contributed by atoms with Crippen molar-refractivity contribution in [1.29, 1.82) is 5.26 Å². The van der Waals surface area contributed by atoms with E-state index in [-0.39, 0.29) is 42.2 Å². The fourth-order valence-corrected chi connectivity index (χ4v) is 3.33. The fraction of sp³-hybridized carbons (Fsp3) is 0.720. The molecule has 0 aromatic heterocycles. The number of hydrogen-bond acceptors (Lipinski definition) is 7. The summed E-state index contributed by atoms with van der Waals surface area (Å²) in [4.78, 5) is 49.8. The minimum atomic E-state index is -1.77. The third-order valence-corrected chi connectivity index (χ3v) is 5.39. The highest BCUT2D eigenvalue weighted by molar-refractivity contribution is 6.43. The predicted octanol–water partition coefficient (Wildman–Crippen LogP) is 0.567. The lowest BCUT2D eigenvalue weighted by molar-refractivity contribution is -0.132. The summed E-state index contributed by atoms with van der Waals surface area (Å²) in [5.41, 5.74) is 0.0377. The van der Waals surface area contributed by atoms with Gasteiger partial charge in [0.05, 0.1) is 5.94 Å². The van der Waals surface area contributed by atoms with Crippen LogP contribution in [0.2, 0.25) is 0 Å². The number of unbranched alkanes of at least 4 members (excludes halogenated alkanes) is 1. The molecule has 0 saturated heterocycles. The van der Waals surface area contributed by atoms with E-state index in [9.17, 15) is 29.2 Å². The van der Waals surface area contributed by atoms with Gasteiger partial charge >= 0.3 is 7.12 Å². The van der Waals surface area contributed by atoms with Gasteiger partial charge in [-0.25, -0.2) is 0 Å². The van der Waals surface area contributed by atoms with E-state index in [2.05, 4.69) is 21.3 Å². The summed E-state index contributed by atoms with van der Waals surface area (Å²) in [5.74, 6) is -3.00. The Hall–Kier alpha value is -2.91. The Morgan fingerprint density at radius 3 is 2.00 bits per heavy atom. The Balaban J connectivity index is 5.23. The van der Waals surface area contributed by atoms with Gasteiger partial charge in [0.1, 0.15) is 23.7 Å². The summed E-state index contributed by atoms with van der Waals surface area (Å²) in [6.07, 6.45) is 3.03. The number of hydrogen-bond donors (Lipinski definition) is 6. The van der Waals surface area contributed by atoms with Crippen LogP contribution in [-0.4, -0.2) is 65.4 Å². The van der Waals surface area contributed by atoms with Crippen LogP contribution < -0.4 is 21.3 Å². The second kappa shape index (κ2) is 17.5. The number of nitrogens with one attached hydrogen (secondary N) is 4. The topological polar surface area (TPSA) is 181 Å². The van der Waals surface area contributed by atoms with Gasteiger partial charge in [-0.15, -0.1) is 0 Å². The quantitative estimate of drug-likeness (QED) is 0.0743. The van der Waals surface area contributed by atoms with Gasteiger partial charge in [0.15, 0.2) is 0 Å². The van der Waals surface area contributed by atoms with Crippen molar-refractivity contribution in [2.75, 3.05) is 6.54 Å². The van der Waals surface area contributed by atoms with Gasteiger partial charge in [-0.1, -0.05) is 47.6 Å². The zero-order valence-electron chi connectivity index (χ0n) is 23.1. The number of carbonyl (C=O) groups is 4. The first-order valence-electron chi connectivity index (χ1n) is 12.9. The van der Waals surface area contributed by atoms with Crippen LogP contribution in [0.5, 0.6) is 0 Å². The van der Waals surface area contributed by atoms with Crippen molar-refractivity contribution in [2.24, 2.45) is 17.8 Å². The molecule has 3 atom stereocenters. The maximum atomic E-state index is 13.0. The highest BCUT2D eigenvalue weighted by Crippen LogP contribution is 2.09. The molecule has 11 nitrogen and oxygen atoms in total. The SMILES string of the molecule is CC(C)C=C(C#N)C(=O)NCCCC[C@H](NC(=O)[C@H](C)NC(=O)C(C)C)C(=O)N[C@@H](CC(C)C)B(O)O. The second-order valence-electron chi connectivity index (χ2n) is 10.3. The molecule has 0 aliphatic heterocycles. The first kappa shape index (κ1) is 34.1. The fourth-order valence-electron chi connectivity index (χ4n) is 3.33. The van der Waals surface area contributed by atoms with E-state index in [1.54, 1.807) is 19.9 Å². The van der Waals surface area contributed by atoms with Crippen LogP contribution in [0.25, 0.3) is 0 Å². The Morgan fingerprint density at radius 1 is 0.892 bits per heavy atom. The largest absolute Gasteiger partial charge is 0.475 e. The summed E-state index contributed by atoms with van der Waals surface area (Å²) in [6, 6.07) is 0.00505. The zero-order chi connectivity index (χ0) is 28.7. The number of carbonyl (C=O) groups excluding carboxylic acids is 4. The normalized spacial score (nSPS) is 14.0. The molecule has 4 amide bonds. The highest BCUT2D eigenvalue weighted by Gasteiger charge is 2.30. The lowest BCUT2D eigenvalue weighted by Crippen LogP contribution is -2.56. The van der Waals surface area contributed by atoms with Gasteiger partial charge in [-0.3, -0.25) is 19.2 Å². The third kappa shape index (κ3) is 14.4. The molecule has 0 saturated carbocycles. The van der Waals surface area contributed by atoms with Crippen LogP contribution in [0.1, 0.15) is 74.1 Å². The van der Waals surface area contributed by atoms with Crippen molar-refractivity contribution < 1.29 is 29.2 Å². The Kier molecular flexibility index (Phi) is 16.2. The molecule has 0 bridgehead atoms. The highest BCUT2D eigenvalue weighted by atomic mass is 16.4. The summed E-state index contributed by atoms with van der Waals surface area (Å²) in [6.45, 7) is 12.7. The van der Waals surface area contributed by atoms with E-state index in [4.69, 9.17) is 5.26 Å². The smallest absolute Gasteiger partial charge is 0.426 e. The number of amides is 4. The van der Waals surface area contributed by atoms with Crippen molar-refractivity contribution in [3.05, 3.63) is 11.6 Å². The number of nitriles is 1. The molecule has 6 N–H and O–H groups in total. The predicted molar refractivity (Wildman–Crippen MR) is 141 cm³/mol. The Morgan fingerprint density at radius 2 is 1.51 bits per heavy atom. The first-order valence-corrected chi connectivity index (χ1v) is 12.9. The van der Waals surface area contributed by atoms with E-state index < -0.39 is 42.9 Å². The molecule has 0 aromatic carbocycles. The van der Waals surface area contributed by atoms with Crippen LogP contribution in [0.3, 0.4) is 0 Å². The van der Waals surface area contributed by atoms with Crippen LogP contribution >= 0.6 is 0 Å². The van der Waals surface area contributed by atoms with E-state index in [1.165, 1.54) is 6.92 Å². The Labute approximate surface area is 221 Å². The van der Waals surface area contributed by atoms with E-state index in [1.807, 2.05) is 33.8 Å². The first-order chi connectivity index (χ1) is 17.2. The number of allylic oxidation sites excluding steroid dienone is 1. The average Bonchev–Trinajstić information content (AvgIpc) is 2.79. The number of rotatable bonds is 16. The summed E-state index contributed by atoms with van der Waals surface area (Å²) >= 11 is 0. The molecule has 0 aliphatic carbocycles. The van der Waals surface area contributed by atoms with E-state index >= 15 is 0 Å². The Bertz CT molecular complexity index is 838. The molecule has 208 valence electrons. The van der Waals surface area contributed by atoms with E-state index in [0.717, 1.165) is 0 Å². The maximum Gasteiger partial charge on any atom is 0.475 e. The molecule has 0 radical (unpaired) electrons. The summed E-state index contributed by atoms with van der Waals surface area (Å²) < 4.78 is 0. The van der Waals surface area contributed by atoms with Crippen molar-refractivity contribution in [3.63, 3.8) is 0 Å². The minimum Gasteiger partial charge on any atom is -0.426 e. The van der Waals surface area contributed by atoms with Crippen LogP contribution in [0.4, 0.5) is 0 Å². The molecular formula is C25H44BN5O6. The lowest BCUT2D eigenvalue weighted by atomic mass is 9.75. The molecule has 0 aliphatic rings. The van der Waals surface area contributed by atoms with Crippen LogP contribution in [0.15, 0.2) is 11.6 Å². The molecule has 37 heavy (non-hydrogen) atoms. The van der Waals surface area contributed by atoms with E-state index in [0.29, 0.717) is 19.3 Å². The lowest BCUT2D eigenvalue weighted by Gasteiger charge is -2.25. The standard InChI is InChI=1S/C25H44BN5O6/c1-15(2)12-19(14-27)24(34)28-11-9-8-10-20(25(35)31-21(26(36)37)13-16(3)4)30-23(33)18(7)29-22(32)17(5)6/h12,15-18,20-21,36-37H,8-11,13H2,1-7H3,(H,28,34)(H,29,32)(H,30,33)(H,31,35)/t18-,20-,21-/m0/s1. The third-order valence-electron chi connectivity index (χ3n) is 5.39. The number of nitrogens with zero attached hydrogens (tertiary/aromatic N) is 1. The average molecular weight is 521 g/mol. The molecule has 0 aromatic rings. The molecule has 0 rings (SSSR count). The maximum absolute atomic E-state index is 13.0. The van der Waals surface area contributed by atoms with Crippen LogP contribution in [0, 0.1) is 29.1 Å². The summed E-state index contributed by atoms with van der Waals surface area (Å²) in [7, 11) is -1.77. The van der Waals surface area contributed by atoms with Crippen molar-refractivity contribution in [2.45, 2.75) is 92.2 Å². The second-order valence-corrected chi connectivity index (χ2v) is 10.3. The monoisotopic (exact) mass is 521 g/mol. The molecule has 12 heteroatoms. The van der Waals surface area contributed by atoms with Crippen LogP contribution in [-0.2, 0) is 19.2 Å². The van der Waals surface area contributed by atoms with Crippen molar-refractivity contribution in [1.82, 2.24) is 21.3 Å². The van der Waals surface area contributed by atoms with Crippen molar-refractivity contribution in [3.8, 4) is 6.07 Å². The van der Waals surface area contributed by atoms with Gasteiger partial charge in [-0.05, 0) is 44.4 Å². The molecule has 0 heterocycles. The van der Waals surface area contributed by atoms with Gasteiger partial charge in [0.2, 0.25) is 17.7 Å². The van der Waals surface area contributed by atoms with Gasteiger partial charge in [0.25, 0.3) is 5.91 Å². The molecule has 0 unspecified atom stereocenters. The summed E-state index contributed by atoms with van der Waals surface area (Å²) in [5, 5.41) is 39.0. The zero-order valence-corrected chi connectivity index (χ0v) is 23.1. The van der Waals surface area contributed by atoms with Gasteiger partial charge in [-0.2, -0.15) is 5.26 Å². The molecule has 0 spiro atoms. The van der Waals surface area contributed by atoms with Gasteiger partial charge in [0, 0.05) is 12.5 Å². The molecular weight excluding hydrogens is 477 g/mol. The van der Waals surface area contributed by atoms with Crippen molar-refractivity contribution >= 4 is 30.7 Å². The van der Waals surface area contributed by atoms with Gasteiger partial charge < -0.3 is 31.3 Å². The molecule has 0 fully saturated rings. The minimum absolute atomic E-state index is 0.0377.